The van der Waals surface area contributed by atoms with Gasteiger partial charge in [0.2, 0.25) is 10.0 Å². The molecule has 4 N–H and O–H groups in total. The number of aromatic nitrogens is 2. The second kappa shape index (κ2) is 4.40. The van der Waals surface area contributed by atoms with E-state index in [0.717, 1.165) is 0 Å². The molecule has 16 heavy (non-hydrogen) atoms. The van der Waals surface area contributed by atoms with E-state index < -0.39 is 15.6 Å². The average molecular weight is 248 g/mol. The van der Waals surface area contributed by atoms with Gasteiger partial charge in [0, 0.05) is 7.11 Å². The number of sulfonamides is 1. The standard InChI is InChI=1S/C8H16N4O3S/c1-8(2,5-15-3)12-16(13,14)6-4-10-11-7(6)9/h4,12H,5H2,1-3H3,(H3,9,10,11). The topological polar surface area (TPSA) is 110 Å². The molecule has 0 saturated carbocycles. The molecule has 1 rings (SSSR count). The van der Waals surface area contributed by atoms with E-state index in [1.807, 2.05) is 0 Å². The van der Waals surface area contributed by atoms with E-state index in [9.17, 15) is 8.42 Å². The van der Waals surface area contributed by atoms with Gasteiger partial charge in [-0.1, -0.05) is 0 Å². The van der Waals surface area contributed by atoms with Crippen LogP contribution in [0, 0.1) is 0 Å². The first-order valence-electron chi connectivity index (χ1n) is 4.60. The van der Waals surface area contributed by atoms with Crippen LogP contribution in [0.5, 0.6) is 0 Å². The molecular formula is C8H16N4O3S. The predicted molar refractivity (Wildman–Crippen MR) is 59.3 cm³/mol. The molecule has 0 spiro atoms. The van der Waals surface area contributed by atoms with Gasteiger partial charge in [0.05, 0.1) is 18.3 Å². The van der Waals surface area contributed by atoms with Crippen molar-refractivity contribution in [2.45, 2.75) is 24.3 Å². The van der Waals surface area contributed by atoms with E-state index in [1.54, 1.807) is 13.8 Å². The monoisotopic (exact) mass is 248 g/mol. The van der Waals surface area contributed by atoms with Crippen molar-refractivity contribution in [1.29, 1.82) is 0 Å². The molecule has 0 amide bonds. The largest absolute Gasteiger partial charge is 0.383 e. The van der Waals surface area contributed by atoms with Crippen molar-refractivity contribution in [1.82, 2.24) is 14.9 Å². The highest BCUT2D eigenvalue weighted by molar-refractivity contribution is 7.89. The maximum Gasteiger partial charge on any atom is 0.246 e. The lowest BCUT2D eigenvalue weighted by Gasteiger charge is -2.24. The third kappa shape index (κ3) is 2.94. The Balaban J connectivity index is 2.93. The summed E-state index contributed by atoms with van der Waals surface area (Å²) >= 11 is 0. The summed E-state index contributed by atoms with van der Waals surface area (Å²) in [7, 11) is -2.17. The second-order valence-corrected chi connectivity index (χ2v) is 5.72. The van der Waals surface area contributed by atoms with Crippen LogP contribution >= 0.6 is 0 Å². The fourth-order valence-electron chi connectivity index (χ4n) is 1.31. The minimum absolute atomic E-state index is 0.0146. The molecule has 0 saturated heterocycles. The zero-order valence-electron chi connectivity index (χ0n) is 9.44. The van der Waals surface area contributed by atoms with Crippen molar-refractivity contribution in [2.75, 3.05) is 19.5 Å². The molecule has 0 aliphatic heterocycles. The number of H-pyrrole nitrogens is 1. The Labute approximate surface area is 94.4 Å². The Kier molecular flexibility index (Phi) is 3.56. The zero-order chi connectivity index (χ0) is 12.4. The van der Waals surface area contributed by atoms with Crippen LogP contribution in [0.15, 0.2) is 11.1 Å². The molecule has 7 nitrogen and oxygen atoms in total. The number of anilines is 1. The molecule has 1 aromatic heterocycles. The third-order valence-electron chi connectivity index (χ3n) is 1.84. The molecule has 0 aliphatic carbocycles. The number of rotatable bonds is 5. The molecule has 0 bridgehead atoms. The highest BCUT2D eigenvalue weighted by atomic mass is 32.2. The van der Waals surface area contributed by atoms with Gasteiger partial charge in [0.25, 0.3) is 0 Å². The average Bonchev–Trinajstić information content (AvgIpc) is 2.49. The van der Waals surface area contributed by atoms with Crippen LogP contribution in [0.3, 0.4) is 0 Å². The Morgan fingerprint density at radius 1 is 1.62 bits per heavy atom. The van der Waals surface area contributed by atoms with E-state index in [-0.39, 0.29) is 17.3 Å². The normalized spacial score (nSPS) is 12.9. The Morgan fingerprint density at radius 3 is 2.69 bits per heavy atom. The van der Waals surface area contributed by atoms with Crippen LogP contribution in [-0.4, -0.2) is 37.9 Å². The molecule has 0 atom stereocenters. The Bertz CT molecular complexity index is 452. The van der Waals surface area contributed by atoms with Crippen LogP contribution < -0.4 is 10.5 Å². The molecule has 8 heteroatoms. The molecule has 0 aromatic carbocycles. The fraction of sp³-hybridized carbons (Fsp3) is 0.625. The van der Waals surface area contributed by atoms with E-state index >= 15 is 0 Å². The summed E-state index contributed by atoms with van der Waals surface area (Å²) in [5, 5.41) is 5.93. The SMILES string of the molecule is COCC(C)(C)NS(=O)(=O)c1cn[nH]c1N. The highest BCUT2D eigenvalue weighted by Gasteiger charge is 2.28. The third-order valence-corrected chi connectivity index (χ3v) is 3.56. The number of hydrogen-bond donors (Lipinski definition) is 3. The summed E-state index contributed by atoms with van der Waals surface area (Å²) in [6, 6.07) is 0. The summed E-state index contributed by atoms with van der Waals surface area (Å²) in [6.07, 6.45) is 1.17. The number of nitrogens with two attached hydrogens (primary N) is 1. The Hall–Kier alpha value is -1.12. The van der Waals surface area contributed by atoms with Crippen LogP contribution in [0.4, 0.5) is 5.82 Å². The highest BCUT2D eigenvalue weighted by Crippen LogP contribution is 2.16. The van der Waals surface area contributed by atoms with E-state index in [0.29, 0.717) is 0 Å². The number of nitrogens with zero attached hydrogens (tertiary/aromatic N) is 1. The minimum Gasteiger partial charge on any atom is -0.383 e. The number of hydrogen-bond acceptors (Lipinski definition) is 5. The molecule has 1 heterocycles. The van der Waals surface area contributed by atoms with Crippen LogP contribution in [0.2, 0.25) is 0 Å². The number of nitrogen functional groups attached to an aromatic ring is 1. The minimum atomic E-state index is -3.68. The van der Waals surface area contributed by atoms with Crippen molar-refractivity contribution in [3.8, 4) is 0 Å². The smallest absolute Gasteiger partial charge is 0.246 e. The fourth-order valence-corrected chi connectivity index (χ4v) is 2.73. The van der Waals surface area contributed by atoms with Gasteiger partial charge in [-0.05, 0) is 13.8 Å². The van der Waals surface area contributed by atoms with Gasteiger partial charge >= 0.3 is 0 Å². The molecule has 0 radical (unpaired) electrons. The summed E-state index contributed by atoms with van der Waals surface area (Å²) < 4.78 is 31.2. The first-order valence-corrected chi connectivity index (χ1v) is 6.08. The molecule has 0 fully saturated rings. The zero-order valence-corrected chi connectivity index (χ0v) is 10.3. The number of aromatic amines is 1. The van der Waals surface area contributed by atoms with E-state index in [4.69, 9.17) is 10.5 Å². The van der Waals surface area contributed by atoms with Crippen LogP contribution in [-0.2, 0) is 14.8 Å². The van der Waals surface area contributed by atoms with Crippen LogP contribution in [0.25, 0.3) is 0 Å². The molecule has 1 aromatic rings. The summed E-state index contributed by atoms with van der Waals surface area (Å²) in [4.78, 5) is -0.0586. The number of methoxy groups -OCH3 is 1. The van der Waals surface area contributed by atoms with Crippen molar-refractivity contribution in [2.24, 2.45) is 0 Å². The Morgan fingerprint density at radius 2 is 2.25 bits per heavy atom. The predicted octanol–water partition coefficient (Wildman–Crippen LogP) is -0.305. The molecule has 0 aliphatic rings. The van der Waals surface area contributed by atoms with Crippen LogP contribution in [0.1, 0.15) is 13.8 Å². The summed E-state index contributed by atoms with van der Waals surface area (Å²) in [5.74, 6) is 0.0146. The number of ether oxygens (including phenoxy) is 1. The maximum atomic E-state index is 11.9. The molecule has 0 unspecified atom stereocenters. The lowest BCUT2D eigenvalue weighted by molar-refractivity contribution is 0.141. The molecule has 92 valence electrons. The lowest BCUT2D eigenvalue weighted by Crippen LogP contribution is -2.46. The van der Waals surface area contributed by atoms with Gasteiger partial charge in [-0.15, -0.1) is 0 Å². The summed E-state index contributed by atoms with van der Waals surface area (Å²) in [6.45, 7) is 3.68. The van der Waals surface area contributed by atoms with Gasteiger partial charge < -0.3 is 10.5 Å². The van der Waals surface area contributed by atoms with Crippen molar-refractivity contribution in [3.63, 3.8) is 0 Å². The van der Waals surface area contributed by atoms with Gasteiger partial charge in [0.15, 0.2) is 0 Å². The van der Waals surface area contributed by atoms with Gasteiger partial charge in [-0.3, -0.25) is 5.10 Å². The molecular weight excluding hydrogens is 232 g/mol. The van der Waals surface area contributed by atoms with E-state index in [2.05, 4.69) is 14.9 Å². The van der Waals surface area contributed by atoms with E-state index in [1.165, 1.54) is 13.3 Å². The van der Waals surface area contributed by atoms with Gasteiger partial charge in [0.1, 0.15) is 10.7 Å². The van der Waals surface area contributed by atoms with Crippen molar-refractivity contribution < 1.29 is 13.2 Å². The first-order chi connectivity index (χ1) is 7.28. The lowest BCUT2D eigenvalue weighted by atomic mass is 10.1. The quantitative estimate of drug-likeness (QED) is 0.662. The van der Waals surface area contributed by atoms with Crippen molar-refractivity contribution >= 4 is 15.8 Å². The van der Waals surface area contributed by atoms with Gasteiger partial charge in [-0.2, -0.15) is 5.10 Å². The first kappa shape index (κ1) is 12.9. The number of nitrogens with one attached hydrogen (secondary N) is 2. The second-order valence-electron chi connectivity index (χ2n) is 4.07. The maximum absolute atomic E-state index is 11.9. The van der Waals surface area contributed by atoms with Gasteiger partial charge in [-0.25, -0.2) is 13.1 Å². The van der Waals surface area contributed by atoms with Crippen molar-refractivity contribution in [3.05, 3.63) is 6.20 Å². The summed E-state index contributed by atoms with van der Waals surface area (Å²) in [5.41, 5.74) is 4.74.